The number of piperazine rings is 1. The minimum Gasteiger partial charge on any atom is -0.311 e. The van der Waals surface area contributed by atoms with Crippen LogP contribution in [0.5, 0.6) is 0 Å². The third kappa shape index (κ3) is 4.53. The summed E-state index contributed by atoms with van der Waals surface area (Å²) >= 11 is 0. The molecule has 0 aliphatic carbocycles. The Morgan fingerprint density at radius 3 is 3.00 bits per heavy atom. The molecule has 1 heterocycles. The third-order valence-corrected chi connectivity index (χ3v) is 3.60. The summed E-state index contributed by atoms with van der Waals surface area (Å²) in [6.45, 7) is 6.74. The molecule has 0 aromatic heterocycles. The number of rotatable bonds is 5. The van der Waals surface area contributed by atoms with Crippen molar-refractivity contribution in [3.63, 3.8) is 0 Å². The summed E-state index contributed by atoms with van der Waals surface area (Å²) in [6.07, 6.45) is 4.06. The van der Waals surface area contributed by atoms with Crippen molar-refractivity contribution in [1.29, 1.82) is 0 Å². The Bertz CT molecular complexity index is 187. The molecule has 0 saturated carbocycles. The van der Waals surface area contributed by atoms with Crippen molar-refractivity contribution in [3.8, 4) is 0 Å². The lowest BCUT2D eigenvalue weighted by Crippen LogP contribution is -2.50. The largest absolute Gasteiger partial charge is 0.311 e. The van der Waals surface area contributed by atoms with Gasteiger partial charge in [0.05, 0.1) is 0 Å². The fourth-order valence-corrected chi connectivity index (χ4v) is 2.40. The van der Waals surface area contributed by atoms with Crippen LogP contribution in [0.1, 0.15) is 19.8 Å². The molecule has 4 heteroatoms. The Hall–Kier alpha value is 0.0700. The summed E-state index contributed by atoms with van der Waals surface area (Å²) in [4.78, 5) is 2.48. The second-order valence-electron chi connectivity index (χ2n) is 3.99. The fraction of sp³-hybridized carbons (Fsp3) is 1.00. The zero-order valence-corrected chi connectivity index (χ0v) is 10.1. The molecule has 0 radical (unpaired) electrons. The zero-order valence-electron chi connectivity index (χ0n) is 9.29. The molecule has 0 aromatic carbocycles. The Balaban J connectivity index is 2.14. The van der Waals surface area contributed by atoms with Crippen LogP contribution in [0.25, 0.3) is 0 Å². The van der Waals surface area contributed by atoms with E-state index in [1.807, 2.05) is 0 Å². The Morgan fingerprint density at radius 2 is 2.36 bits per heavy atom. The first-order valence-corrected chi connectivity index (χ1v) is 7.21. The van der Waals surface area contributed by atoms with Gasteiger partial charge in [-0.3, -0.25) is 4.21 Å². The molecule has 0 aromatic rings. The van der Waals surface area contributed by atoms with Gasteiger partial charge in [-0.2, -0.15) is 0 Å². The standard InChI is InChI=1S/C10H22N2OS/c1-3-10-9-12(7-5-11-10)6-4-8-14(2)13/h10-11H,3-9H2,1-2H3. The Kier molecular flexibility index (Phi) is 5.67. The van der Waals surface area contributed by atoms with Gasteiger partial charge in [-0.25, -0.2) is 0 Å². The van der Waals surface area contributed by atoms with Crippen LogP contribution in [0.2, 0.25) is 0 Å². The Morgan fingerprint density at radius 1 is 1.57 bits per heavy atom. The van der Waals surface area contributed by atoms with Crippen LogP contribution in [0.4, 0.5) is 0 Å². The lowest BCUT2D eigenvalue weighted by atomic mass is 10.1. The second kappa shape index (κ2) is 6.53. The second-order valence-corrected chi connectivity index (χ2v) is 5.55. The summed E-state index contributed by atoms with van der Waals surface area (Å²) in [6, 6.07) is 0.663. The van der Waals surface area contributed by atoms with Gasteiger partial charge >= 0.3 is 0 Å². The summed E-state index contributed by atoms with van der Waals surface area (Å²) < 4.78 is 10.9. The molecule has 1 N–H and O–H groups in total. The first kappa shape index (κ1) is 12.1. The molecule has 1 rings (SSSR count). The van der Waals surface area contributed by atoms with Crippen LogP contribution in [-0.2, 0) is 10.8 Å². The smallest absolute Gasteiger partial charge is 0.0244 e. The zero-order chi connectivity index (χ0) is 10.4. The van der Waals surface area contributed by atoms with E-state index in [2.05, 4.69) is 17.1 Å². The monoisotopic (exact) mass is 218 g/mol. The fourth-order valence-electron chi connectivity index (χ4n) is 1.86. The highest BCUT2D eigenvalue weighted by atomic mass is 32.2. The first-order valence-electron chi connectivity index (χ1n) is 5.48. The number of hydrogen-bond acceptors (Lipinski definition) is 3. The minimum absolute atomic E-state index is 0.623. The molecule has 1 fully saturated rings. The molecular formula is C10H22N2OS. The quantitative estimate of drug-likeness (QED) is 0.727. The maximum Gasteiger partial charge on any atom is 0.0244 e. The molecule has 2 unspecified atom stereocenters. The van der Waals surface area contributed by atoms with Crippen molar-refractivity contribution in [2.45, 2.75) is 25.8 Å². The number of nitrogens with zero attached hydrogens (tertiary/aromatic N) is 1. The number of nitrogens with one attached hydrogen (secondary N) is 1. The average Bonchev–Trinajstić information content (AvgIpc) is 2.18. The van der Waals surface area contributed by atoms with Gasteiger partial charge < -0.3 is 10.2 Å². The topological polar surface area (TPSA) is 32.3 Å². The highest BCUT2D eigenvalue weighted by Crippen LogP contribution is 2.03. The molecule has 3 nitrogen and oxygen atoms in total. The van der Waals surface area contributed by atoms with Crippen molar-refractivity contribution in [2.24, 2.45) is 0 Å². The molecule has 0 bridgehead atoms. The predicted molar refractivity (Wildman–Crippen MR) is 62.1 cm³/mol. The van der Waals surface area contributed by atoms with Gasteiger partial charge in [0.1, 0.15) is 0 Å². The van der Waals surface area contributed by atoms with Crippen LogP contribution in [0, 0.1) is 0 Å². The van der Waals surface area contributed by atoms with E-state index in [0.717, 1.165) is 38.4 Å². The minimum atomic E-state index is -0.623. The van der Waals surface area contributed by atoms with Crippen molar-refractivity contribution in [3.05, 3.63) is 0 Å². The van der Waals surface area contributed by atoms with Gasteiger partial charge in [-0.1, -0.05) is 6.92 Å². The van der Waals surface area contributed by atoms with Crippen LogP contribution in [-0.4, -0.2) is 53.3 Å². The van der Waals surface area contributed by atoms with Gasteiger partial charge in [0.15, 0.2) is 0 Å². The lowest BCUT2D eigenvalue weighted by molar-refractivity contribution is 0.198. The van der Waals surface area contributed by atoms with E-state index in [-0.39, 0.29) is 0 Å². The van der Waals surface area contributed by atoms with E-state index in [4.69, 9.17) is 0 Å². The molecule has 1 aliphatic heterocycles. The van der Waals surface area contributed by atoms with Crippen molar-refractivity contribution < 1.29 is 4.21 Å². The summed E-state index contributed by atoms with van der Waals surface area (Å²) in [5, 5.41) is 3.50. The highest BCUT2D eigenvalue weighted by Gasteiger charge is 2.16. The summed E-state index contributed by atoms with van der Waals surface area (Å²) in [5.74, 6) is 0.848. The van der Waals surface area contributed by atoms with Crippen molar-refractivity contribution >= 4 is 10.8 Å². The van der Waals surface area contributed by atoms with E-state index in [0.29, 0.717) is 6.04 Å². The van der Waals surface area contributed by atoms with Crippen LogP contribution in [0.3, 0.4) is 0 Å². The summed E-state index contributed by atoms with van der Waals surface area (Å²) in [7, 11) is -0.623. The van der Waals surface area contributed by atoms with Crippen LogP contribution < -0.4 is 5.32 Å². The molecule has 0 spiro atoms. The van der Waals surface area contributed by atoms with Gasteiger partial charge in [0.25, 0.3) is 0 Å². The van der Waals surface area contributed by atoms with E-state index < -0.39 is 10.8 Å². The van der Waals surface area contributed by atoms with Gasteiger partial charge in [-0.15, -0.1) is 0 Å². The molecule has 1 saturated heterocycles. The Labute approximate surface area is 89.7 Å². The molecule has 2 atom stereocenters. The highest BCUT2D eigenvalue weighted by molar-refractivity contribution is 7.84. The van der Waals surface area contributed by atoms with E-state index in [1.165, 1.54) is 6.42 Å². The van der Waals surface area contributed by atoms with Crippen LogP contribution in [0.15, 0.2) is 0 Å². The summed E-state index contributed by atoms with van der Waals surface area (Å²) in [5.41, 5.74) is 0. The van der Waals surface area contributed by atoms with E-state index >= 15 is 0 Å². The maximum atomic E-state index is 10.9. The SMILES string of the molecule is CCC1CN(CCCS(C)=O)CCN1. The molecule has 84 valence electrons. The van der Waals surface area contributed by atoms with Gasteiger partial charge in [0, 0.05) is 48.5 Å². The molecule has 1 aliphatic rings. The van der Waals surface area contributed by atoms with E-state index in [1.54, 1.807) is 6.26 Å². The van der Waals surface area contributed by atoms with Gasteiger partial charge in [-0.05, 0) is 19.4 Å². The first-order chi connectivity index (χ1) is 6.72. The van der Waals surface area contributed by atoms with Gasteiger partial charge in [0.2, 0.25) is 0 Å². The van der Waals surface area contributed by atoms with Crippen molar-refractivity contribution in [2.75, 3.05) is 38.2 Å². The van der Waals surface area contributed by atoms with E-state index in [9.17, 15) is 4.21 Å². The normalized spacial score (nSPS) is 26.3. The molecule has 14 heavy (non-hydrogen) atoms. The molecule has 0 amide bonds. The third-order valence-electron chi connectivity index (χ3n) is 2.74. The van der Waals surface area contributed by atoms with Crippen molar-refractivity contribution in [1.82, 2.24) is 10.2 Å². The molecular weight excluding hydrogens is 196 g/mol. The average molecular weight is 218 g/mol. The predicted octanol–water partition coefficient (Wildman–Crippen LogP) is 0.439. The maximum absolute atomic E-state index is 10.9. The van der Waals surface area contributed by atoms with Crippen LogP contribution >= 0.6 is 0 Å². The lowest BCUT2D eigenvalue weighted by Gasteiger charge is -2.33. The number of hydrogen-bond donors (Lipinski definition) is 1.